The fourth-order valence-electron chi connectivity index (χ4n) is 5.78. The van der Waals surface area contributed by atoms with E-state index in [4.69, 9.17) is 4.42 Å². The van der Waals surface area contributed by atoms with Gasteiger partial charge in [0.25, 0.3) is 11.8 Å². The lowest BCUT2D eigenvalue weighted by Crippen LogP contribution is -2.68. The maximum Gasteiger partial charge on any atom is 0.255 e. The number of carbonyl (C=O) groups is 2. The van der Waals surface area contributed by atoms with Crippen LogP contribution in [-0.4, -0.2) is 39.1 Å². The molecular weight excluding hydrogens is 519 g/mol. The molecule has 0 aliphatic heterocycles. The van der Waals surface area contributed by atoms with Crippen molar-refractivity contribution >= 4 is 32.6 Å². The first kappa shape index (κ1) is 25.3. The summed E-state index contributed by atoms with van der Waals surface area (Å²) >= 11 is 0. The molecule has 0 saturated heterocycles. The van der Waals surface area contributed by atoms with E-state index in [0.717, 1.165) is 31.4 Å². The molecule has 2 amide bonds. The summed E-state index contributed by atoms with van der Waals surface area (Å²) in [5.41, 5.74) is 3.19. The molecule has 3 aliphatic carbocycles. The number of benzene rings is 3. The van der Waals surface area contributed by atoms with Crippen molar-refractivity contribution in [2.45, 2.75) is 30.6 Å². The molecule has 3 saturated carbocycles. The lowest BCUT2D eigenvalue weighted by Gasteiger charge is -2.61. The summed E-state index contributed by atoms with van der Waals surface area (Å²) in [5.74, 6) is -0.270. The van der Waals surface area contributed by atoms with E-state index >= 15 is 0 Å². The fraction of sp³-hybridized carbons (Fsp3) is 0.267. The Morgan fingerprint density at radius 1 is 1.00 bits per heavy atom. The lowest BCUT2D eigenvalue weighted by atomic mass is 9.50. The topological polar surface area (TPSA) is 105 Å². The summed E-state index contributed by atoms with van der Waals surface area (Å²) in [6.07, 6.45) is 4.21. The van der Waals surface area contributed by atoms with Crippen LogP contribution in [0.2, 0.25) is 0 Å². The molecule has 7 rings (SSSR count). The first-order valence-corrected chi connectivity index (χ1v) is 14.8. The van der Waals surface area contributed by atoms with E-state index in [1.165, 1.54) is 31.3 Å². The molecule has 0 radical (unpaired) electrons. The minimum atomic E-state index is -3.44. The van der Waals surface area contributed by atoms with Gasteiger partial charge in [-0.1, -0.05) is 12.1 Å². The molecule has 3 aromatic carbocycles. The highest BCUT2D eigenvalue weighted by Crippen LogP contribution is 2.57. The van der Waals surface area contributed by atoms with Gasteiger partial charge in [-0.15, -0.1) is 0 Å². The summed E-state index contributed by atoms with van der Waals surface area (Å²) in [5, 5.41) is 6.27. The number of fused-ring (bicyclic) bond motifs is 1. The van der Waals surface area contributed by atoms with Crippen molar-refractivity contribution in [3.63, 3.8) is 0 Å². The average molecular weight is 547 g/mol. The molecule has 9 heteroatoms. The number of hydrogen-bond donors (Lipinski definition) is 2. The van der Waals surface area contributed by atoms with Gasteiger partial charge in [-0.3, -0.25) is 9.59 Å². The van der Waals surface area contributed by atoms with Crippen molar-refractivity contribution < 1.29 is 26.8 Å². The van der Waals surface area contributed by atoms with Gasteiger partial charge >= 0.3 is 0 Å². The van der Waals surface area contributed by atoms with Gasteiger partial charge in [-0.05, 0) is 90.4 Å². The van der Waals surface area contributed by atoms with Gasteiger partial charge in [0.2, 0.25) is 0 Å². The number of furan rings is 1. The third-order valence-corrected chi connectivity index (χ3v) is 8.58. The summed E-state index contributed by atoms with van der Waals surface area (Å²) in [7, 11) is -1.94. The van der Waals surface area contributed by atoms with Crippen LogP contribution in [0.25, 0.3) is 33.4 Å². The van der Waals surface area contributed by atoms with Gasteiger partial charge in [-0.25, -0.2) is 12.8 Å². The average Bonchev–Trinajstić information content (AvgIpc) is 3.22. The highest BCUT2D eigenvalue weighted by Gasteiger charge is 2.57. The van der Waals surface area contributed by atoms with Crippen LogP contribution in [0.4, 0.5) is 4.39 Å². The van der Waals surface area contributed by atoms with Gasteiger partial charge < -0.3 is 15.1 Å². The molecule has 3 aliphatic rings. The largest absolute Gasteiger partial charge is 0.455 e. The maximum absolute atomic E-state index is 13.6. The fourth-order valence-corrected chi connectivity index (χ4v) is 6.59. The highest BCUT2D eigenvalue weighted by molar-refractivity contribution is 7.89. The van der Waals surface area contributed by atoms with Crippen molar-refractivity contribution in [2.24, 2.45) is 5.92 Å². The molecule has 4 aromatic rings. The minimum absolute atomic E-state index is 0.0753. The number of rotatable bonds is 7. The van der Waals surface area contributed by atoms with Crippen LogP contribution >= 0.6 is 0 Å². The van der Waals surface area contributed by atoms with E-state index in [1.807, 2.05) is 6.07 Å². The van der Waals surface area contributed by atoms with Gasteiger partial charge in [0.05, 0.1) is 11.3 Å². The lowest BCUT2D eigenvalue weighted by molar-refractivity contribution is -0.0438. The Labute approximate surface area is 225 Å². The van der Waals surface area contributed by atoms with Crippen molar-refractivity contribution in [2.75, 3.05) is 13.3 Å². The standard InChI is InChI=1S/C30H27FN2O5S/c1-32-29(35)26-24-12-23(19-4-3-5-20(10-19)28(34)33-30-13-17(14-30)15-30)21(16-39(2,36)37)11-25(24)38-27(26)18-6-8-22(31)9-7-18/h3-12,17H,13-16H2,1-2H3,(H,32,35)(H,33,34). The van der Waals surface area contributed by atoms with Gasteiger partial charge in [0, 0.05) is 35.4 Å². The van der Waals surface area contributed by atoms with Crippen LogP contribution in [0.5, 0.6) is 0 Å². The Balaban J connectivity index is 1.50. The molecule has 3 fully saturated rings. The predicted octanol–water partition coefficient (Wildman–Crippen LogP) is 5.09. The molecule has 1 aromatic heterocycles. The second kappa shape index (κ2) is 9.05. The van der Waals surface area contributed by atoms with E-state index in [-0.39, 0.29) is 28.5 Å². The molecule has 0 spiro atoms. The quantitative estimate of drug-likeness (QED) is 0.336. The number of amides is 2. The minimum Gasteiger partial charge on any atom is -0.455 e. The Bertz CT molecular complexity index is 1740. The van der Waals surface area contributed by atoms with Crippen molar-refractivity contribution in [3.8, 4) is 22.5 Å². The number of sulfone groups is 1. The molecule has 0 atom stereocenters. The van der Waals surface area contributed by atoms with Gasteiger partial charge in [0.15, 0.2) is 9.84 Å². The van der Waals surface area contributed by atoms with Crippen molar-refractivity contribution in [1.82, 2.24) is 10.6 Å². The van der Waals surface area contributed by atoms with Crippen LogP contribution < -0.4 is 10.6 Å². The molecule has 1 heterocycles. The molecule has 2 N–H and O–H groups in total. The van der Waals surface area contributed by atoms with Crippen LogP contribution in [0.1, 0.15) is 45.5 Å². The Morgan fingerprint density at radius 3 is 2.33 bits per heavy atom. The normalized spacial score (nSPS) is 19.7. The Hall–Kier alpha value is -3.98. The van der Waals surface area contributed by atoms with E-state index in [1.54, 1.807) is 30.3 Å². The molecule has 0 unspecified atom stereocenters. The maximum atomic E-state index is 13.6. The van der Waals surface area contributed by atoms with Crippen LogP contribution in [0, 0.1) is 11.7 Å². The molecule has 7 nitrogen and oxygen atoms in total. The number of halogens is 1. The monoisotopic (exact) mass is 546 g/mol. The van der Waals surface area contributed by atoms with Crippen LogP contribution in [0.15, 0.2) is 65.1 Å². The van der Waals surface area contributed by atoms with E-state index in [9.17, 15) is 22.4 Å². The summed E-state index contributed by atoms with van der Waals surface area (Å²) in [6, 6.07) is 16.0. The van der Waals surface area contributed by atoms with Crippen LogP contribution in [0.3, 0.4) is 0 Å². The number of hydrogen-bond acceptors (Lipinski definition) is 5. The summed E-state index contributed by atoms with van der Waals surface area (Å²) in [4.78, 5) is 26.1. The van der Waals surface area contributed by atoms with Crippen molar-refractivity contribution in [1.29, 1.82) is 0 Å². The second-order valence-electron chi connectivity index (χ2n) is 10.8. The van der Waals surface area contributed by atoms with Crippen molar-refractivity contribution in [3.05, 3.63) is 83.2 Å². The van der Waals surface area contributed by atoms with Gasteiger partial charge in [0.1, 0.15) is 17.2 Å². The zero-order chi connectivity index (χ0) is 27.5. The summed E-state index contributed by atoms with van der Waals surface area (Å²) < 4.78 is 44.4. The SMILES string of the molecule is CNC(=O)c1c(-c2ccc(F)cc2)oc2cc(CS(C)(=O)=O)c(-c3cccc(C(=O)NC45CC(C4)C5)c3)cc12. The third-order valence-electron chi connectivity index (χ3n) is 7.74. The highest BCUT2D eigenvalue weighted by atomic mass is 32.2. The zero-order valence-corrected chi connectivity index (χ0v) is 22.3. The smallest absolute Gasteiger partial charge is 0.255 e. The first-order chi connectivity index (χ1) is 18.5. The molecular formula is C30H27FN2O5S. The van der Waals surface area contributed by atoms with E-state index in [2.05, 4.69) is 10.6 Å². The molecule has 39 heavy (non-hydrogen) atoms. The summed E-state index contributed by atoms with van der Waals surface area (Å²) in [6.45, 7) is 0. The second-order valence-corrected chi connectivity index (χ2v) is 12.9. The molecule has 200 valence electrons. The number of nitrogens with one attached hydrogen (secondary N) is 2. The third kappa shape index (κ3) is 4.61. The Kier molecular flexibility index (Phi) is 5.87. The molecule has 2 bridgehead atoms. The van der Waals surface area contributed by atoms with Gasteiger partial charge in [-0.2, -0.15) is 0 Å². The Morgan fingerprint density at radius 2 is 1.72 bits per heavy atom. The van der Waals surface area contributed by atoms with E-state index < -0.39 is 21.6 Å². The van der Waals surface area contributed by atoms with E-state index in [0.29, 0.717) is 38.8 Å². The first-order valence-electron chi connectivity index (χ1n) is 12.7. The predicted molar refractivity (Wildman–Crippen MR) is 147 cm³/mol. The van der Waals surface area contributed by atoms with Crippen LogP contribution in [-0.2, 0) is 15.6 Å². The zero-order valence-electron chi connectivity index (χ0n) is 21.5. The number of carbonyl (C=O) groups excluding carboxylic acids is 2.